The molecule has 4 nitrogen and oxygen atoms in total. The van der Waals surface area contributed by atoms with Gasteiger partial charge in [0.1, 0.15) is 5.82 Å². The lowest BCUT2D eigenvalue weighted by Gasteiger charge is -2.19. The van der Waals surface area contributed by atoms with Crippen molar-refractivity contribution in [3.63, 3.8) is 0 Å². The van der Waals surface area contributed by atoms with Crippen LogP contribution in [0.25, 0.3) is 0 Å². The van der Waals surface area contributed by atoms with Crippen molar-refractivity contribution in [1.29, 1.82) is 0 Å². The highest BCUT2D eigenvalue weighted by atomic mass is 19.1. The molecule has 0 spiro atoms. The summed E-state index contributed by atoms with van der Waals surface area (Å²) in [6.07, 6.45) is 3.21. The molecule has 1 fully saturated rings. The van der Waals surface area contributed by atoms with Gasteiger partial charge in [-0.15, -0.1) is 0 Å². The second kappa shape index (κ2) is 6.70. The number of hydrogen-bond acceptors (Lipinski definition) is 3. The average molecular weight is 279 g/mol. The van der Waals surface area contributed by atoms with Gasteiger partial charge in [-0.3, -0.25) is 4.79 Å². The number of halogens is 1. The molecule has 5 heteroatoms. The summed E-state index contributed by atoms with van der Waals surface area (Å²) in [5.74, 6) is -0.461. The van der Waals surface area contributed by atoms with Gasteiger partial charge in [0.05, 0.1) is 5.69 Å². The predicted molar refractivity (Wildman–Crippen MR) is 79.4 cm³/mol. The fourth-order valence-corrected chi connectivity index (χ4v) is 2.39. The Morgan fingerprint density at radius 1 is 1.45 bits per heavy atom. The Kier molecular flexibility index (Phi) is 4.95. The van der Waals surface area contributed by atoms with E-state index in [-0.39, 0.29) is 24.2 Å². The minimum absolute atomic E-state index is 0.149. The third-order valence-corrected chi connectivity index (χ3v) is 3.65. The maximum atomic E-state index is 14.1. The Labute approximate surface area is 119 Å². The van der Waals surface area contributed by atoms with E-state index in [1.807, 2.05) is 11.8 Å². The summed E-state index contributed by atoms with van der Waals surface area (Å²) in [7, 11) is 0. The number of anilines is 2. The van der Waals surface area contributed by atoms with E-state index in [4.69, 9.17) is 5.73 Å². The molecular weight excluding hydrogens is 257 g/mol. The van der Waals surface area contributed by atoms with Crippen LogP contribution < -0.4 is 16.0 Å². The van der Waals surface area contributed by atoms with Crippen molar-refractivity contribution in [2.45, 2.75) is 38.6 Å². The van der Waals surface area contributed by atoms with Crippen molar-refractivity contribution in [2.24, 2.45) is 5.73 Å². The van der Waals surface area contributed by atoms with Crippen LogP contribution in [-0.4, -0.2) is 25.0 Å². The molecule has 0 bridgehead atoms. The number of nitrogens with one attached hydrogen (secondary N) is 1. The van der Waals surface area contributed by atoms with E-state index in [9.17, 15) is 9.18 Å². The van der Waals surface area contributed by atoms with Crippen molar-refractivity contribution in [3.05, 3.63) is 24.0 Å². The zero-order valence-electron chi connectivity index (χ0n) is 11.9. The molecule has 1 aromatic rings. The van der Waals surface area contributed by atoms with Crippen LogP contribution >= 0.6 is 0 Å². The number of nitrogens with two attached hydrogens (primary N) is 1. The van der Waals surface area contributed by atoms with Gasteiger partial charge in [0.2, 0.25) is 5.91 Å². The molecule has 1 aliphatic rings. The van der Waals surface area contributed by atoms with Gasteiger partial charge >= 0.3 is 0 Å². The zero-order valence-corrected chi connectivity index (χ0v) is 11.9. The van der Waals surface area contributed by atoms with Crippen molar-refractivity contribution < 1.29 is 9.18 Å². The van der Waals surface area contributed by atoms with E-state index >= 15 is 0 Å². The number of amides is 1. The fraction of sp³-hybridized carbons (Fsp3) is 0.533. The van der Waals surface area contributed by atoms with Crippen LogP contribution in [-0.2, 0) is 4.79 Å². The Hall–Kier alpha value is -1.62. The predicted octanol–water partition coefficient (Wildman–Crippen LogP) is 2.49. The first-order valence-corrected chi connectivity index (χ1v) is 7.20. The van der Waals surface area contributed by atoms with Crippen LogP contribution in [0.15, 0.2) is 18.2 Å². The Bertz CT molecular complexity index is 472. The first-order chi connectivity index (χ1) is 9.60. The van der Waals surface area contributed by atoms with Gasteiger partial charge < -0.3 is 16.0 Å². The van der Waals surface area contributed by atoms with E-state index in [2.05, 4.69) is 5.32 Å². The molecule has 20 heavy (non-hydrogen) atoms. The van der Waals surface area contributed by atoms with E-state index in [1.165, 1.54) is 6.07 Å². The van der Waals surface area contributed by atoms with E-state index < -0.39 is 0 Å². The molecule has 1 unspecified atom stereocenters. The molecule has 0 saturated carbocycles. The number of nitrogens with zero attached hydrogens (tertiary/aromatic N) is 1. The van der Waals surface area contributed by atoms with Gasteiger partial charge in [-0.2, -0.15) is 0 Å². The Morgan fingerprint density at radius 3 is 2.75 bits per heavy atom. The van der Waals surface area contributed by atoms with Gasteiger partial charge in [0, 0.05) is 31.2 Å². The molecule has 2 rings (SSSR count). The molecule has 1 amide bonds. The highest BCUT2D eigenvalue weighted by Crippen LogP contribution is 2.26. The van der Waals surface area contributed by atoms with E-state index in [0.717, 1.165) is 32.4 Å². The van der Waals surface area contributed by atoms with Gasteiger partial charge in [-0.1, -0.05) is 6.92 Å². The summed E-state index contributed by atoms with van der Waals surface area (Å²) in [6.45, 7) is 3.73. The van der Waals surface area contributed by atoms with Crippen LogP contribution in [0.5, 0.6) is 0 Å². The zero-order chi connectivity index (χ0) is 14.5. The summed E-state index contributed by atoms with van der Waals surface area (Å²) >= 11 is 0. The molecule has 0 aliphatic carbocycles. The lowest BCUT2D eigenvalue weighted by atomic mass is 10.1. The van der Waals surface area contributed by atoms with E-state index in [1.54, 1.807) is 12.1 Å². The molecular formula is C15H22FN3O. The monoisotopic (exact) mass is 279 g/mol. The topological polar surface area (TPSA) is 58.4 Å². The summed E-state index contributed by atoms with van der Waals surface area (Å²) in [4.78, 5) is 13.7. The molecule has 1 aliphatic heterocycles. The van der Waals surface area contributed by atoms with Crippen LogP contribution in [0.2, 0.25) is 0 Å². The minimum atomic E-state index is -0.288. The van der Waals surface area contributed by atoms with Crippen LogP contribution in [0.4, 0.5) is 15.8 Å². The largest absolute Gasteiger partial charge is 0.369 e. The molecule has 1 heterocycles. The molecule has 1 saturated heterocycles. The summed E-state index contributed by atoms with van der Waals surface area (Å²) in [6, 6.07) is 4.70. The molecule has 0 aromatic heterocycles. The second-order valence-corrected chi connectivity index (χ2v) is 5.28. The lowest BCUT2D eigenvalue weighted by molar-refractivity contribution is -0.116. The molecule has 1 atom stereocenters. The summed E-state index contributed by atoms with van der Waals surface area (Å²) < 4.78 is 14.1. The van der Waals surface area contributed by atoms with Gasteiger partial charge in [-0.25, -0.2) is 4.39 Å². The third kappa shape index (κ3) is 3.70. The number of hydrogen-bond donors (Lipinski definition) is 2. The van der Waals surface area contributed by atoms with Crippen LogP contribution in [0.3, 0.4) is 0 Å². The minimum Gasteiger partial charge on any atom is -0.369 e. The lowest BCUT2D eigenvalue weighted by Crippen LogP contribution is -2.26. The molecule has 0 radical (unpaired) electrons. The average Bonchev–Trinajstić information content (AvgIpc) is 2.92. The fourth-order valence-electron chi connectivity index (χ4n) is 2.39. The third-order valence-electron chi connectivity index (χ3n) is 3.65. The first kappa shape index (κ1) is 14.8. The number of carbonyl (C=O) groups is 1. The Morgan fingerprint density at radius 2 is 2.15 bits per heavy atom. The number of benzene rings is 1. The summed E-state index contributed by atoms with van der Waals surface area (Å²) in [5, 5.41) is 2.69. The quantitative estimate of drug-likeness (QED) is 0.870. The number of rotatable bonds is 5. The summed E-state index contributed by atoms with van der Waals surface area (Å²) in [5.41, 5.74) is 6.82. The van der Waals surface area contributed by atoms with Crippen molar-refractivity contribution in [1.82, 2.24) is 0 Å². The normalized spacial score (nSPS) is 16.2. The standard InChI is InChI=1S/C15H22FN3O/c1-2-11(17)9-15(20)18-12-5-6-14(13(16)10-12)19-7-3-4-8-19/h5-6,10-11H,2-4,7-9,17H2,1H3,(H,18,20). The first-order valence-electron chi connectivity index (χ1n) is 7.20. The smallest absolute Gasteiger partial charge is 0.225 e. The van der Waals surface area contributed by atoms with Crippen LogP contribution in [0, 0.1) is 5.82 Å². The van der Waals surface area contributed by atoms with Gasteiger partial charge in [0.25, 0.3) is 0 Å². The van der Waals surface area contributed by atoms with Gasteiger partial charge in [0.15, 0.2) is 0 Å². The SMILES string of the molecule is CCC(N)CC(=O)Nc1ccc(N2CCCC2)c(F)c1. The molecule has 1 aromatic carbocycles. The van der Waals surface area contributed by atoms with Crippen molar-refractivity contribution in [2.75, 3.05) is 23.3 Å². The van der Waals surface area contributed by atoms with Gasteiger partial charge in [-0.05, 0) is 37.5 Å². The number of carbonyl (C=O) groups excluding carboxylic acids is 1. The second-order valence-electron chi connectivity index (χ2n) is 5.28. The van der Waals surface area contributed by atoms with Crippen molar-refractivity contribution in [3.8, 4) is 0 Å². The maximum absolute atomic E-state index is 14.1. The maximum Gasteiger partial charge on any atom is 0.225 e. The molecule has 3 N–H and O–H groups in total. The van der Waals surface area contributed by atoms with E-state index in [0.29, 0.717) is 11.4 Å². The molecule has 110 valence electrons. The Balaban J connectivity index is 1.99. The van der Waals surface area contributed by atoms with Crippen LogP contribution in [0.1, 0.15) is 32.6 Å². The highest BCUT2D eigenvalue weighted by Gasteiger charge is 2.16. The van der Waals surface area contributed by atoms with Crippen molar-refractivity contribution >= 4 is 17.3 Å². The highest BCUT2D eigenvalue weighted by molar-refractivity contribution is 5.91.